The fourth-order valence-corrected chi connectivity index (χ4v) is 4.67. The van der Waals surface area contributed by atoms with E-state index in [4.69, 9.17) is 9.47 Å². The van der Waals surface area contributed by atoms with E-state index in [1.807, 2.05) is 48.5 Å². The van der Waals surface area contributed by atoms with Gasteiger partial charge in [-0.25, -0.2) is 14.0 Å². The average Bonchev–Trinajstić information content (AvgIpc) is 3.18. The summed E-state index contributed by atoms with van der Waals surface area (Å²) in [4.78, 5) is 27.2. The standard InChI is InChI=1S/C30H29F4NO4/c1-29(2,3)39-27(36)26(15-18-13-14-19(16-25(18)31)30(32,33)34)35(4)28(37)38-17-24-22-11-7-5-9-20(22)21-10-6-8-12-23(21)24/h5-14,16,24,26H,15,17H2,1-4H3/t26-/m0/s1. The van der Waals surface area contributed by atoms with Crippen LogP contribution in [0, 0.1) is 5.82 Å². The van der Waals surface area contributed by atoms with Crippen molar-refractivity contribution in [2.24, 2.45) is 0 Å². The van der Waals surface area contributed by atoms with Crippen molar-refractivity contribution in [1.82, 2.24) is 4.90 Å². The van der Waals surface area contributed by atoms with Crippen molar-refractivity contribution >= 4 is 12.1 Å². The third kappa shape index (κ3) is 6.24. The minimum atomic E-state index is -4.72. The number of benzene rings is 3. The molecule has 0 heterocycles. The third-order valence-electron chi connectivity index (χ3n) is 6.56. The van der Waals surface area contributed by atoms with Gasteiger partial charge in [0.15, 0.2) is 0 Å². The molecule has 0 radical (unpaired) electrons. The first kappa shape index (κ1) is 28.1. The Labute approximate surface area is 224 Å². The van der Waals surface area contributed by atoms with Gasteiger partial charge >= 0.3 is 18.2 Å². The Morgan fingerprint density at radius 3 is 2.00 bits per heavy atom. The van der Waals surface area contributed by atoms with E-state index in [0.29, 0.717) is 6.07 Å². The number of nitrogens with zero attached hydrogens (tertiary/aromatic N) is 1. The highest BCUT2D eigenvalue weighted by molar-refractivity contribution is 5.82. The number of carbonyl (C=O) groups is 2. The lowest BCUT2D eigenvalue weighted by Gasteiger charge is -2.30. The van der Waals surface area contributed by atoms with Crippen molar-refractivity contribution in [2.45, 2.75) is 50.9 Å². The molecule has 39 heavy (non-hydrogen) atoms. The van der Waals surface area contributed by atoms with Crippen molar-refractivity contribution in [2.75, 3.05) is 13.7 Å². The number of alkyl halides is 3. The maximum atomic E-state index is 14.7. The van der Waals surface area contributed by atoms with Gasteiger partial charge in [-0.2, -0.15) is 13.2 Å². The molecule has 1 aliphatic carbocycles. The summed E-state index contributed by atoms with van der Waals surface area (Å²) in [5.74, 6) is -2.20. The Morgan fingerprint density at radius 1 is 0.923 bits per heavy atom. The van der Waals surface area contributed by atoms with Crippen LogP contribution in [0.2, 0.25) is 0 Å². The Hall–Kier alpha value is -3.88. The van der Waals surface area contributed by atoms with E-state index in [1.54, 1.807) is 20.8 Å². The molecule has 0 N–H and O–H groups in total. The van der Waals surface area contributed by atoms with E-state index in [1.165, 1.54) is 7.05 Å². The van der Waals surface area contributed by atoms with Gasteiger partial charge in [-0.3, -0.25) is 4.90 Å². The van der Waals surface area contributed by atoms with Crippen LogP contribution in [0.15, 0.2) is 66.7 Å². The molecule has 3 aromatic carbocycles. The van der Waals surface area contributed by atoms with Gasteiger partial charge < -0.3 is 9.47 Å². The van der Waals surface area contributed by atoms with Crippen molar-refractivity contribution in [3.63, 3.8) is 0 Å². The molecule has 1 aliphatic rings. The highest BCUT2D eigenvalue weighted by atomic mass is 19.4. The molecule has 0 aromatic heterocycles. The van der Waals surface area contributed by atoms with E-state index in [2.05, 4.69) is 0 Å². The molecule has 4 rings (SSSR count). The van der Waals surface area contributed by atoms with Crippen LogP contribution >= 0.6 is 0 Å². The van der Waals surface area contributed by atoms with E-state index in [9.17, 15) is 27.2 Å². The maximum absolute atomic E-state index is 14.7. The summed E-state index contributed by atoms with van der Waals surface area (Å²) in [5.41, 5.74) is 1.86. The lowest BCUT2D eigenvalue weighted by atomic mass is 9.98. The van der Waals surface area contributed by atoms with Gasteiger partial charge in [-0.1, -0.05) is 54.6 Å². The van der Waals surface area contributed by atoms with Crippen LogP contribution in [-0.2, 0) is 26.9 Å². The molecule has 0 spiro atoms. The Kier molecular flexibility index (Phi) is 7.73. The lowest BCUT2D eigenvalue weighted by Crippen LogP contribution is -2.47. The number of ether oxygens (including phenoxy) is 2. The fraction of sp³-hybridized carbons (Fsp3) is 0.333. The lowest BCUT2D eigenvalue weighted by molar-refractivity contribution is -0.160. The van der Waals surface area contributed by atoms with Gasteiger partial charge in [0, 0.05) is 19.4 Å². The van der Waals surface area contributed by atoms with Crippen LogP contribution in [0.5, 0.6) is 0 Å². The predicted octanol–water partition coefficient (Wildman–Crippen LogP) is 6.98. The summed E-state index contributed by atoms with van der Waals surface area (Å²) in [7, 11) is 1.31. The van der Waals surface area contributed by atoms with Crippen molar-refractivity contribution < 1.29 is 36.6 Å². The molecule has 0 aliphatic heterocycles. The number of fused-ring (bicyclic) bond motifs is 3. The highest BCUT2D eigenvalue weighted by Gasteiger charge is 2.36. The molecule has 1 atom stereocenters. The number of rotatable bonds is 6. The minimum Gasteiger partial charge on any atom is -0.458 e. The van der Waals surface area contributed by atoms with Gasteiger partial charge in [-0.05, 0) is 60.7 Å². The molecule has 0 saturated heterocycles. The largest absolute Gasteiger partial charge is 0.458 e. The van der Waals surface area contributed by atoms with Gasteiger partial charge in [0.05, 0.1) is 5.56 Å². The zero-order valence-corrected chi connectivity index (χ0v) is 22.0. The summed E-state index contributed by atoms with van der Waals surface area (Å²) >= 11 is 0. The van der Waals surface area contributed by atoms with Gasteiger partial charge in [0.2, 0.25) is 0 Å². The maximum Gasteiger partial charge on any atom is 0.416 e. The summed E-state index contributed by atoms with van der Waals surface area (Å²) in [6, 6.07) is 16.3. The second-order valence-corrected chi connectivity index (χ2v) is 10.5. The normalized spacial score (nSPS) is 13.8. The molecule has 0 unspecified atom stereocenters. The summed E-state index contributed by atoms with van der Waals surface area (Å²) < 4.78 is 64.7. The quantitative estimate of drug-likeness (QED) is 0.249. The Bertz CT molecular complexity index is 1330. The first-order valence-corrected chi connectivity index (χ1v) is 12.4. The second-order valence-electron chi connectivity index (χ2n) is 10.5. The van der Waals surface area contributed by atoms with Crippen LogP contribution in [-0.4, -0.2) is 42.3 Å². The van der Waals surface area contributed by atoms with Gasteiger partial charge in [0.1, 0.15) is 24.1 Å². The van der Waals surface area contributed by atoms with Crippen molar-refractivity contribution in [1.29, 1.82) is 0 Å². The molecule has 9 heteroatoms. The first-order valence-electron chi connectivity index (χ1n) is 12.4. The smallest absolute Gasteiger partial charge is 0.416 e. The van der Waals surface area contributed by atoms with Crippen LogP contribution in [0.25, 0.3) is 11.1 Å². The van der Waals surface area contributed by atoms with Gasteiger partial charge in [-0.15, -0.1) is 0 Å². The fourth-order valence-electron chi connectivity index (χ4n) is 4.67. The number of hydrogen-bond donors (Lipinski definition) is 0. The number of hydrogen-bond acceptors (Lipinski definition) is 4. The zero-order valence-electron chi connectivity index (χ0n) is 22.0. The molecule has 5 nitrogen and oxygen atoms in total. The average molecular weight is 544 g/mol. The van der Waals surface area contributed by atoms with Crippen LogP contribution in [0.3, 0.4) is 0 Å². The molecule has 3 aromatic rings. The Balaban J connectivity index is 1.55. The number of likely N-dealkylation sites (N-methyl/N-ethyl adjacent to an activating group) is 1. The minimum absolute atomic E-state index is 0.00706. The number of halogens is 4. The highest BCUT2D eigenvalue weighted by Crippen LogP contribution is 2.44. The molecule has 0 saturated carbocycles. The topological polar surface area (TPSA) is 55.8 Å². The van der Waals surface area contributed by atoms with E-state index < -0.39 is 47.7 Å². The SMILES string of the molecule is CN(C(=O)OCC1c2ccccc2-c2ccccc21)[C@@H](Cc1ccc(C(F)(F)F)cc1F)C(=O)OC(C)(C)C. The molecule has 1 amide bonds. The molecular weight excluding hydrogens is 514 g/mol. The Morgan fingerprint density at radius 2 is 1.49 bits per heavy atom. The van der Waals surface area contributed by atoms with E-state index >= 15 is 0 Å². The van der Waals surface area contributed by atoms with Crippen LogP contribution < -0.4 is 0 Å². The first-order chi connectivity index (χ1) is 18.3. The molecule has 0 fully saturated rings. The molecule has 0 bridgehead atoms. The number of amides is 1. The molecular formula is C30H29F4NO4. The van der Waals surface area contributed by atoms with E-state index in [-0.39, 0.29) is 18.1 Å². The predicted molar refractivity (Wildman–Crippen MR) is 138 cm³/mol. The summed E-state index contributed by atoms with van der Waals surface area (Å²) in [5, 5.41) is 0. The zero-order chi connectivity index (χ0) is 28.5. The molecule has 206 valence electrons. The number of carbonyl (C=O) groups excluding carboxylic acids is 2. The summed E-state index contributed by atoms with van der Waals surface area (Å²) in [6.45, 7) is 4.89. The van der Waals surface area contributed by atoms with Gasteiger partial charge in [0.25, 0.3) is 0 Å². The van der Waals surface area contributed by atoms with Crippen molar-refractivity contribution in [3.05, 3.63) is 94.8 Å². The van der Waals surface area contributed by atoms with E-state index in [0.717, 1.165) is 39.3 Å². The monoisotopic (exact) mass is 543 g/mol. The second kappa shape index (κ2) is 10.7. The number of esters is 1. The van der Waals surface area contributed by atoms with Crippen molar-refractivity contribution in [3.8, 4) is 11.1 Å². The van der Waals surface area contributed by atoms with Crippen LogP contribution in [0.4, 0.5) is 22.4 Å². The third-order valence-corrected chi connectivity index (χ3v) is 6.56. The summed E-state index contributed by atoms with van der Waals surface area (Å²) in [6.07, 6.45) is -5.97. The van der Waals surface area contributed by atoms with Crippen LogP contribution in [0.1, 0.15) is 48.9 Å².